The second-order valence-corrected chi connectivity index (χ2v) is 10.6. The highest BCUT2D eigenvalue weighted by Gasteiger charge is 2.73. The highest BCUT2D eigenvalue weighted by molar-refractivity contribution is 5.50. The van der Waals surface area contributed by atoms with Crippen molar-refractivity contribution in [1.82, 2.24) is 0 Å². The van der Waals surface area contributed by atoms with Crippen LogP contribution >= 0.6 is 0 Å². The van der Waals surface area contributed by atoms with Crippen LogP contribution in [0.1, 0.15) is 83.1 Å². The van der Waals surface area contributed by atoms with Crippen molar-refractivity contribution in [2.45, 2.75) is 95.6 Å². The fraction of sp³-hybridized carbons (Fsp3) is 0.714. The van der Waals surface area contributed by atoms with Crippen molar-refractivity contribution in [3.05, 3.63) is 35.9 Å². The van der Waals surface area contributed by atoms with Crippen LogP contribution in [-0.4, -0.2) is 24.6 Å². The summed E-state index contributed by atoms with van der Waals surface area (Å²) in [5.74, 6) is -8.66. The molecule has 2 fully saturated rings. The Labute approximate surface area is 209 Å². The van der Waals surface area contributed by atoms with Crippen molar-refractivity contribution < 1.29 is 35.5 Å². The van der Waals surface area contributed by atoms with Gasteiger partial charge in [-0.25, -0.2) is 0 Å². The zero-order valence-corrected chi connectivity index (χ0v) is 20.8. The van der Waals surface area contributed by atoms with Crippen molar-refractivity contribution in [1.29, 1.82) is 0 Å². The molecule has 2 aliphatic carbocycles. The van der Waals surface area contributed by atoms with Crippen LogP contribution in [-0.2, 0) is 0 Å². The first-order valence-corrected chi connectivity index (χ1v) is 13.2. The van der Waals surface area contributed by atoms with Crippen LogP contribution in [0.15, 0.2) is 30.3 Å². The average molecular weight is 523 g/mol. The standard InChI is InChI=1S/C28H37F7O/c1-2-3-4-20-7-13-23(14-8-20)24-15-9-21(10-16-24)5-6-22-11-17-25(18-12-22)36-19-26(29,30)27(31,32)28(33,34)35/h5-6,11-12,17-18,20-21,23-24H,2-4,7-10,13-16,19H2,1H3. The summed E-state index contributed by atoms with van der Waals surface area (Å²) in [7, 11) is 0. The molecule has 2 aliphatic rings. The number of alkyl halides is 7. The molecule has 1 nitrogen and oxygen atoms in total. The van der Waals surface area contributed by atoms with Gasteiger partial charge in [0.05, 0.1) is 0 Å². The minimum absolute atomic E-state index is 0.199. The van der Waals surface area contributed by atoms with Crippen molar-refractivity contribution in [3.8, 4) is 5.75 Å². The third-order valence-corrected chi connectivity index (χ3v) is 8.02. The van der Waals surface area contributed by atoms with Gasteiger partial charge < -0.3 is 4.74 Å². The summed E-state index contributed by atoms with van der Waals surface area (Å²) in [5, 5.41) is 0. The van der Waals surface area contributed by atoms with E-state index in [9.17, 15) is 30.7 Å². The van der Waals surface area contributed by atoms with Gasteiger partial charge in [-0.3, -0.25) is 0 Å². The molecule has 3 rings (SSSR count). The molecule has 0 radical (unpaired) electrons. The van der Waals surface area contributed by atoms with Gasteiger partial charge in [-0.2, -0.15) is 30.7 Å². The Morgan fingerprint density at radius 3 is 1.89 bits per heavy atom. The number of hydrogen-bond donors (Lipinski definition) is 0. The van der Waals surface area contributed by atoms with Gasteiger partial charge in [-0.15, -0.1) is 0 Å². The summed E-state index contributed by atoms with van der Waals surface area (Å²) in [6.07, 6.45) is 12.0. The van der Waals surface area contributed by atoms with Gasteiger partial charge in [0, 0.05) is 0 Å². The quantitative estimate of drug-likeness (QED) is 0.278. The van der Waals surface area contributed by atoms with E-state index in [0.29, 0.717) is 5.92 Å². The van der Waals surface area contributed by atoms with Crippen LogP contribution in [0.3, 0.4) is 0 Å². The lowest BCUT2D eigenvalue weighted by Gasteiger charge is -2.37. The highest BCUT2D eigenvalue weighted by Crippen LogP contribution is 2.46. The maximum Gasteiger partial charge on any atom is 0.460 e. The fourth-order valence-corrected chi connectivity index (χ4v) is 5.64. The van der Waals surface area contributed by atoms with Crippen LogP contribution in [0, 0.1) is 23.7 Å². The summed E-state index contributed by atoms with van der Waals surface area (Å²) in [6, 6.07) is 5.70. The predicted octanol–water partition coefficient (Wildman–Crippen LogP) is 9.71. The molecular weight excluding hydrogens is 485 g/mol. The summed E-state index contributed by atoms with van der Waals surface area (Å²) in [6.45, 7) is 0.183. The van der Waals surface area contributed by atoms with Gasteiger partial charge in [-0.05, 0) is 79.9 Å². The largest absolute Gasteiger partial charge is 0.487 e. The van der Waals surface area contributed by atoms with Gasteiger partial charge >= 0.3 is 18.0 Å². The Kier molecular flexibility index (Phi) is 9.78. The number of rotatable bonds is 10. The number of ether oxygens (including phenoxy) is 1. The van der Waals surface area contributed by atoms with Crippen LogP contribution < -0.4 is 4.74 Å². The van der Waals surface area contributed by atoms with Crippen molar-refractivity contribution in [2.75, 3.05) is 6.61 Å². The molecule has 0 unspecified atom stereocenters. The van der Waals surface area contributed by atoms with E-state index in [2.05, 4.69) is 17.7 Å². The first-order valence-electron chi connectivity index (χ1n) is 13.2. The molecule has 0 aromatic heterocycles. The number of hydrogen-bond acceptors (Lipinski definition) is 1. The van der Waals surface area contributed by atoms with E-state index < -0.39 is 24.6 Å². The maximum atomic E-state index is 13.4. The second-order valence-electron chi connectivity index (χ2n) is 10.6. The average Bonchev–Trinajstić information content (AvgIpc) is 2.85. The Balaban J connectivity index is 1.42. The monoisotopic (exact) mass is 522 g/mol. The number of allylic oxidation sites excluding steroid dienone is 1. The van der Waals surface area contributed by atoms with Gasteiger partial charge in [0.15, 0.2) is 6.61 Å². The van der Waals surface area contributed by atoms with E-state index >= 15 is 0 Å². The van der Waals surface area contributed by atoms with Crippen molar-refractivity contribution >= 4 is 6.08 Å². The van der Waals surface area contributed by atoms with Gasteiger partial charge in [0.25, 0.3) is 0 Å². The Morgan fingerprint density at radius 1 is 0.806 bits per heavy atom. The molecule has 36 heavy (non-hydrogen) atoms. The minimum atomic E-state index is -6.36. The van der Waals surface area contributed by atoms with Crippen LogP contribution in [0.5, 0.6) is 5.75 Å². The number of benzene rings is 1. The van der Waals surface area contributed by atoms with Crippen LogP contribution in [0.2, 0.25) is 0 Å². The molecule has 0 bridgehead atoms. The number of unbranched alkanes of at least 4 members (excludes halogenated alkanes) is 1. The van der Waals surface area contributed by atoms with E-state index in [1.807, 2.05) is 6.08 Å². The SMILES string of the molecule is CCCCC1CCC(C2CCC(C=Cc3ccc(OCC(F)(F)C(F)(F)C(F)(F)F)cc3)CC2)CC1. The minimum Gasteiger partial charge on any atom is -0.487 e. The summed E-state index contributed by atoms with van der Waals surface area (Å²) in [5.41, 5.74) is 0.780. The van der Waals surface area contributed by atoms with Crippen molar-refractivity contribution in [2.24, 2.45) is 23.7 Å². The zero-order valence-electron chi connectivity index (χ0n) is 20.8. The molecule has 0 amide bonds. The van der Waals surface area contributed by atoms with E-state index in [1.54, 1.807) is 12.1 Å². The third-order valence-electron chi connectivity index (χ3n) is 8.02. The first-order chi connectivity index (χ1) is 16.9. The van der Waals surface area contributed by atoms with Gasteiger partial charge in [0.1, 0.15) is 5.75 Å². The lowest BCUT2D eigenvalue weighted by Crippen LogP contribution is -2.54. The molecule has 0 aliphatic heterocycles. The molecule has 1 aromatic carbocycles. The van der Waals surface area contributed by atoms with E-state index in [4.69, 9.17) is 0 Å². The molecule has 0 atom stereocenters. The Hall–Kier alpha value is -1.73. The van der Waals surface area contributed by atoms with E-state index in [0.717, 1.165) is 36.2 Å². The fourth-order valence-electron chi connectivity index (χ4n) is 5.64. The van der Waals surface area contributed by atoms with Crippen LogP contribution in [0.25, 0.3) is 6.08 Å². The number of halogens is 7. The Morgan fingerprint density at radius 2 is 1.36 bits per heavy atom. The third kappa shape index (κ3) is 7.41. The van der Waals surface area contributed by atoms with Gasteiger partial charge in [-0.1, -0.05) is 63.3 Å². The summed E-state index contributed by atoms with van der Waals surface area (Å²) >= 11 is 0. The predicted molar refractivity (Wildman–Crippen MR) is 127 cm³/mol. The molecule has 0 heterocycles. The van der Waals surface area contributed by atoms with Crippen molar-refractivity contribution in [3.63, 3.8) is 0 Å². The normalized spacial score (nSPS) is 26.3. The lowest BCUT2D eigenvalue weighted by atomic mass is 9.68. The molecule has 2 saturated carbocycles. The molecule has 204 valence electrons. The summed E-state index contributed by atoms with van der Waals surface area (Å²) in [4.78, 5) is 0. The second kappa shape index (κ2) is 12.2. The molecular formula is C28H37F7O. The van der Waals surface area contributed by atoms with Crippen LogP contribution in [0.4, 0.5) is 30.7 Å². The molecule has 0 spiro atoms. The smallest absolute Gasteiger partial charge is 0.460 e. The molecule has 0 N–H and O–H groups in total. The molecule has 1 aromatic rings. The molecule has 0 saturated heterocycles. The highest BCUT2D eigenvalue weighted by atomic mass is 19.4. The topological polar surface area (TPSA) is 9.23 Å². The van der Waals surface area contributed by atoms with E-state index in [-0.39, 0.29) is 5.75 Å². The lowest BCUT2D eigenvalue weighted by molar-refractivity contribution is -0.358. The Bertz CT molecular complexity index is 815. The summed E-state index contributed by atoms with van der Waals surface area (Å²) < 4.78 is 93.9. The van der Waals surface area contributed by atoms with E-state index in [1.165, 1.54) is 69.9 Å². The maximum absolute atomic E-state index is 13.4. The van der Waals surface area contributed by atoms with Gasteiger partial charge in [0.2, 0.25) is 0 Å². The first kappa shape index (κ1) is 28.8. The molecule has 8 heteroatoms. The zero-order chi connectivity index (χ0) is 26.4.